The molecule has 1 unspecified atom stereocenters. The van der Waals surface area contributed by atoms with E-state index in [2.05, 4.69) is 291 Å². The van der Waals surface area contributed by atoms with Crippen molar-refractivity contribution in [2.24, 2.45) is 0 Å². The number of hydrogen-bond donors (Lipinski definition) is 0. The molecule has 1 aliphatic carbocycles. The van der Waals surface area contributed by atoms with Gasteiger partial charge in [0.1, 0.15) is 0 Å². The molecule has 0 saturated heterocycles. The molecule has 12 aromatic rings. The van der Waals surface area contributed by atoms with Gasteiger partial charge in [0, 0.05) is 22.5 Å². The summed E-state index contributed by atoms with van der Waals surface area (Å²) < 4.78 is 0. The van der Waals surface area contributed by atoms with E-state index in [0.717, 1.165) is 22.6 Å². The highest BCUT2D eigenvalue weighted by atomic mass is 15.1. The number of anilines is 3. The molecule has 0 bridgehead atoms. The molecule has 0 aliphatic heterocycles. The number of fused-ring (bicyclic) bond motifs is 6. The van der Waals surface area contributed by atoms with Gasteiger partial charge in [-0.1, -0.05) is 231 Å². The molecule has 13 rings (SSSR count). The fourth-order valence-electron chi connectivity index (χ4n) is 11.5. The summed E-state index contributed by atoms with van der Waals surface area (Å²) in [7, 11) is 0. The van der Waals surface area contributed by atoms with E-state index in [4.69, 9.17) is 0 Å². The van der Waals surface area contributed by atoms with Gasteiger partial charge in [-0.25, -0.2) is 0 Å². The van der Waals surface area contributed by atoms with Crippen LogP contribution in [0.1, 0.15) is 23.6 Å². The van der Waals surface area contributed by atoms with Crippen molar-refractivity contribution in [3.8, 4) is 66.8 Å². The van der Waals surface area contributed by atoms with E-state index < -0.39 is 0 Å². The molecular formula is C70H49N. The van der Waals surface area contributed by atoms with E-state index in [1.807, 2.05) is 0 Å². The molecule has 1 nitrogen and oxygen atoms in total. The van der Waals surface area contributed by atoms with Crippen LogP contribution in [-0.4, -0.2) is 0 Å². The zero-order valence-corrected chi connectivity index (χ0v) is 39.5. The van der Waals surface area contributed by atoms with Crippen LogP contribution in [0.2, 0.25) is 0 Å². The van der Waals surface area contributed by atoms with Gasteiger partial charge in [-0.3, -0.25) is 0 Å². The van der Waals surface area contributed by atoms with Gasteiger partial charge in [-0.15, -0.1) is 0 Å². The summed E-state index contributed by atoms with van der Waals surface area (Å²) >= 11 is 0. The standard InChI is InChI=1S/C70H49N/c1-70(56-29-15-6-16-30-56)66-34-20-19-32-62(66)63-42-40-58(47-67(63)70)71(59-44-54(48-21-7-2-8-22-48)43-55(45-59)49-23-9-3-10-24-49)57-38-35-50(36-39-57)53-37-41-61-60-31-17-18-33-64(60)68(51-25-11-4-12-26-51)69(65(61)46-53)52-27-13-5-14-28-52/h2-47H,1H3. The van der Waals surface area contributed by atoms with E-state index in [1.165, 1.54) is 99.4 Å². The van der Waals surface area contributed by atoms with Crippen LogP contribution in [0.15, 0.2) is 279 Å². The summed E-state index contributed by atoms with van der Waals surface area (Å²) in [5.41, 5.74) is 21.4. The SMILES string of the molecule is CC1(c2ccccc2)c2ccccc2-c2ccc(N(c3ccc(-c4ccc5c(c4)c(-c4ccccc4)c(-c4ccccc4)c4ccccc45)cc3)c3cc(-c4ccccc4)cc(-c4ccccc4)c3)cc21. The van der Waals surface area contributed by atoms with Gasteiger partial charge in [-0.05, 0) is 160 Å². The molecule has 0 saturated carbocycles. The van der Waals surface area contributed by atoms with E-state index in [9.17, 15) is 0 Å². The van der Waals surface area contributed by atoms with Crippen molar-refractivity contribution >= 4 is 38.6 Å². The van der Waals surface area contributed by atoms with Crippen molar-refractivity contribution in [3.63, 3.8) is 0 Å². The Bertz CT molecular complexity index is 3840. The Hall–Kier alpha value is -9.04. The monoisotopic (exact) mass is 903 g/mol. The maximum absolute atomic E-state index is 2.46. The quantitative estimate of drug-likeness (QED) is 0.130. The predicted molar refractivity (Wildman–Crippen MR) is 301 cm³/mol. The van der Waals surface area contributed by atoms with Gasteiger partial charge in [0.15, 0.2) is 0 Å². The zero-order valence-electron chi connectivity index (χ0n) is 39.5. The summed E-state index contributed by atoms with van der Waals surface area (Å²) in [6.07, 6.45) is 0. The van der Waals surface area contributed by atoms with Gasteiger partial charge in [0.2, 0.25) is 0 Å². The van der Waals surface area contributed by atoms with Gasteiger partial charge in [-0.2, -0.15) is 0 Å². The van der Waals surface area contributed by atoms with E-state index in [-0.39, 0.29) is 5.41 Å². The lowest BCUT2D eigenvalue weighted by Gasteiger charge is -2.31. The molecule has 1 heteroatoms. The highest BCUT2D eigenvalue weighted by Gasteiger charge is 2.41. The Labute approximate surface area is 416 Å². The Morgan fingerprint density at radius 2 is 0.704 bits per heavy atom. The van der Waals surface area contributed by atoms with Gasteiger partial charge < -0.3 is 4.90 Å². The van der Waals surface area contributed by atoms with E-state index >= 15 is 0 Å². The van der Waals surface area contributed by atoms with Crippen LogP contribution in [0.5, 0.6) is 0 Å². The van der Waals surface area contributed by atoms with Crippen molar-refractivity contribution in [3.05, 3.63) is 296 Å². The van der Waals surface area contributed by atoms with Crippen LogP contribution in [0.3, 0.4) is 0 Å². The molecule has 334 valence electrons. The lowest BCUT2D eigenvalue weighted by atomic mass is 9.74. The fraction of sp³-hybridized carbons (Fsp3) is 0.0286. The molecule has 71 heavy (non-hydrogen) atoms. The molecular weight excluding hydrogens is 855 g/mol. The maximum Gasteiger partial charge on any atom is 0.0473 e. The first kappa shape index (κ1) is 42.1. The van der Waals surface area contributed by atoms with Crippen molar-refractivity contribution in [1.82, 2.24) is 0 Å². The van der Waals surface area contributed by atoms with Gasteiger partial charge in [0.05, 0.1) is 0 Å². The average Bonchev–Trinajstić information content (AvgIpc) is 3.72. The van der Waals surface area contributed by atoms with Gasteiger partial charge >= 0.3 is 0 Å². The predicted octanol–water partition coefficient (Wildman–Crippen LogP) is 19.1. The van der Waals surface area contributed by atoms with Crippen molar-refractivity contribution in [1.29, 1.82) is 0 Å². The number of benzene rings is 12. The minimum Gasteiger partial charge on any atom is -0.310 e. The average molecular weight is 904 g/mol. The molecule has 1 aliphatic rings. The first-order chi connectivity index (χ1) is 35.1. The minimum absolute atomic E-state index is 0.347. The van der Waals surface area contributed by atoms with Crippen LogP contribution in [0.25, 0.3) is 88.3 Å². The van der Waals surface area contributed by atoms with Crippen LogP contribution in [0.4, 0.5) is 17.1 Å². The van der Waals surface area contributed by atoms with Crippen molar-refractivity contribution in [2.75, 3.05) is 4.90 Å². The number of rotatable bonds is 9. The second kappa shape index (κ2) is 17.5. The first-order valence-corrected chi connectivity index (χ1v) is 24.7. The molecule has 0 radical (unpaired) electrons. The largest absolute Gasteiger partial charge is 0.310 e. The third-order valence-electron chi connectivity index (χ3n) is 14.9. The van der Waals surface area contributed by atoms with Crippen molar-refractivity contribution < 1.29 is 0 Å². The smallest absolute Gasteiger partial charge is 0.0473 e. The maximum atomic E-state index is 2.46. The Balaban J connectivity index is 1.01. The molecule has 0 amide bonds. The highest BCUT2D eigenvalue weighted by molar-refractivity contribution is 6.22. The lowest BCUT2D eigenvalue weighted by molar-refractivity contribution is 0.714. The molecule has 1 atom stereocenters. The summed E-state index contributed by atoms with van der Waals surface area (Å²) in [5.74, 6) is 0. The summed E-state index contributed by atoms with van der Waals surface area (Å²) in [6, 6.07) is 103. The molecule has 0 fully saturated rings. The van der Waals surface area contributed by atoms with Crippen LogP contribution in [0, 0.1) is 0 Å². The number of hydrogen-bond acceptors (Lipinski definition) is 1. The zero-order chi connectivity index (χ0) is 47.3. The number of nitrogens with zero attached hydrogens (tertiary/aromatic N) is 1. The molecule has 0 heterocycles. The normalized spacial score (nSPS) is 13.8. The highest BCUT2D eigenvalue weighted by Crippen LogP contribution is 2.54. The topological polar surface area (TPSA) is 3.24 Å². The fourth-order valence-corrected chi connectivity index (χ4v) is 11.5. The van der Waals surface area contributed by atoms with Crippen LogP contribution >= 0.6 is 0 Å². The lowest BCUT2D eigenvalue weighted by Crippen LogP contribution is -2.22. The third-order valence-corrected chi connectivity index (χ3v) is 14.9. The second-order valence-electron chi connectivity index (χ2n) is 18.9. The summed E-state index contributed by atoms with van der Waals surface area (Å²) in [5, 5.41) is 5.00. The van der Waals surface area contributed by atoms with Gasteiger partial charge in [0.25, 0.3) is 0 Å². The summed E-state index contributed by atoms with van der Waals surface area (Å²) in [4.78, 5) is 2.46. The first-order valence-electron chi connectivity index (χ1n) is 24.7. The van der Waals surface area contributed by atoms with Crippen LogP contribution in [-0.2, 0) is 5.41 Å². The Kier molecular flexibility index (Phi) is 10.4. The Morgan fingerprint density at radius 3 is 1.32 bits per heavy atom. The third kappa shape index (κ3) is 7.25. The minimum atomic E-state index is -0.347. The molecule has 12 aromatic carbocycles. The Morgan fingerprint density at radius 1 is 0.254 bits per heavy atom. The van der Waals surface area contributed by atoms with E-state index in [0.29, 0.717) is 0 Å². The molecule has 0 aromatic heterocycles. The molecule has 0 N–H and O–H groups in total. The second-order valence-corrected chi connectivity index (χ2v) is 18.9. The van der Waals surface area contributed by atoms with E-state index in [1.54, 1.807) is 0 Å². The van der Waals surface area contributed by atoms with Crippen molar-refractivity contribution in [2.45, 2.75) is 12.3 Å². The molecule has 0 spiro atoms. The summed E-state index contributed by atoms with van der Waals surface area (Å²) in [6.45, 7) is 2.40. The van der Waals surface area contributed by atoms with Crippen LogP contribution < -0.4 is 4.90 Å².